The highest BCUT2D eigenvalue weighted by atomic mass is 16.5. The number of rotatable bonds is 11. The third-order valence-corrected chi connectivity index (χ3v) is 3.35. The Morgan fingerprint density at radius 1 is 0.870 bits per heavy atom. The number of anilines is 1. The summed E-state index contributed by atoms with van der Waals surface area (Å²) in [7, 11) is 0. The summed E-state index contributed by atoms with van der Waals surface area (Å²) in [5, 5.41) is 0. The van der Waals surface area contributed by atoms with E-state index in [-0.39, 0.29) is 11.9 Å². The predicted octanol–water partition coefficient (Wildman–Crippen LogP) is 3.18. The quantitative estimate of drug-likeness (QED) is 0.586. The van der Waals surface area contributed by atoms with Crippen molar-refractivity contribution in [2.24, 2.45) is 0 Å². The number of ether oxygens (including phenoxy) is 2. The van der Waals surface area contributed by atoms with Gasteiger partial charge < -0.3 is 14.4 Å². The van der Waals surface area contributed by atoms with Crippen molar-refractivity contribution in [1.82, 2.24) is 0 Å². The van der Waals surface area contributed by atoms with E-state index in [0.717, 1.165) is 31.6 Å². The van der Waals surface area contributed by atoms with Gasteiger partial charge in [0, 0.05) is 31.6 Å². The Bertz CT molecular complexity index is 437. The Labute approximate surface area is 138 Å². The molecule has 0 N–H and O–H groups in total. The van der Waals surface area contributed by atoms with Crippen LogP contribution in [0.3, 0.4) is 0 Å². The van der Waals surface area contributed by atoms with Gasteiger partial charge in [-0.3, -0.25) is 9.59 Å². The fourth-order valence-electron chi connectivity index (χ4n) is 2.30. The lowest BCUT2D eigenvalue weighted by atomic mass is 10.2. The van der Waals surface area contributed by atoms with Crippen molar-refractivity contribution in [3.8, 4) is 0 Å². The van der Waals surface area contributed by atoms with Gasteiger partial charge in [-0.1, -0.05) is 18.2 Å². The number of hydrogen-bond acceptors (Lipinski definition) is 5. The topological polar surface area (TPSA) is 55.8 Å². The zero-order valence-electron chi connectivity index (χ0n) is 14.1. The van der Waals surface area contributed by atoms with Gasteiger partial charge in [0.25, 0.3) is 0 Å². The van der Waals surface area contributed by atoms with Crippen LogP contribution in [0.4, 0.5) is 5.69 Å². The summed E-state index contributed by atoms with van der Waals surface area (Å²) in [5.74, 6) is -0.320. The molecule has 1 rings (SSSR count). The van der Waals surface area contributed by atoms with Gasteiger partial charge in [0.05, 0.1) is 13.2 Å². The minimum absolute atomic E-state index is 0.160. The number of nitrogens with zero attached hydrogens (tertiary/aromatic N) is 1. The van der Waals surface area contributed by atoms with Crippen LogP contribution in [-0.2, 0) is 19.1 Å². The van der Waals surface area contributed by atoms with Gasteiger partial charge in [0.1, 0.15) is 0 Å². The summed E-state index contributed by atoms with van der Waals surface area (Å²) >= 11 is 0. The van der Waals surface area contributed by atoms with E-state index in [1.54, 1.807) is 0 Å². The minimum atomic E-state index is -0.160. The molecular formula is C18H27NO4. The molecular weight excluding hydrogens is 294 g/mol. The number of carbonyl (C=O) groups excluding carboxylic acids is 2. The van der Waals surface area contributed by atoms with E-state index in [2.05, 4.69) is 4.90 Å². The van der Waals surface area contributed by atoms with Crippen LogP contribution in [0.1, 0.15) is 39.5 Å². The van der Waals surface area contributed by atoms with E-state index in [0.29, 0.717) is 26.1 Å². The molecule has 1 aromatic carbocycles. The predicted molar refractivity (Wildman–Crippen MR) is 90.4 cm³/mol. The van der Waals surface area contributed by atoms with Crippen LogP contribution in [0.15, 0.2) is 30.3 Å². The van der Waals surface area contributed by atoms with Crippen molar-refractivity contribution in [2.45, 2.75) is 39.5 Å². The maximum absolute atomic E-state index is 11.4. The first-order valence-electron chi connectivity index (χ1n) is 8.28. The van der Waals surface area contributed by atoms with E-state index < -0.39 is 0 Å². The highest BCUT2D eigenvalue weighted by Gasteiger charge is 2.10. The Morgan fingerprint density at radius 3 is 1.78 bits per heavy atom. The molecule has 0 aliphatic carbocycles. The molecule has 0 unspecified atom stereocenters. The molecule has 5 nitrogen and oxygen atoms in total. The first kappa shape index (κ1) is 19.0. The number of benzene rings is 1. The number of esters is 2. The van der Waals surface area contributed by atoms with Crippen LogP contribution >= 0.6 is 0 Å². The van der Waals surface area contributed by atoms with Gasteiger partial charge in [-0.15, -0.1) is 0 Å². The van der Waals surface area contributed by atoms with Crippen molar-refractivity contribution in [1.29, 1.82) is 0 Å². The zero-order chi connectivity index (χ0) is 16.9. The maximum atomic E-state index is 11.4. The molecule has 0 aliphatic rings. The molecule has 0 aromatic heterocycles. The molecule has 1 aromatic rings. The van der Waals surface area contributed by atoms with Crippen LogP contribution in [0.5, 0.6) is 0 Å². The van der Waals surface area contributed by atoms with Gasteiger partial charge in [-0.05, 0) is 38.8 Å². The Hall–Kier alpha value is -2.04. The molecule has 0 saturated heterocycles. The molecule has 0 radical (unpaired) electrons. The van der Waals surface area contributed by atoms with E-state index in [1.165, 1.54) is 0 Å². The Kier molecular flexibility index (Phi) is 9.52. The zero-order valence-corrected chi connectivity index (χ0v) is 14.1. The van der Waals surface area contributed by atoms with Crippen molar-refractivity contribution in [3.05, 3.63) is 30.3 Å². The molecule has 128 valence electrons. The monoisotopic (exact) mass is 321 g/mol. The van der Waals surface area contributed by atoms with E-state index >= 15 is 0 Å². The largest absolute Gasteiger partial charge is 0.466 e. The standard InChI is InChI=1S/C18H27NO4/c1-3-22-17(20)12-8-14-19(16-10-6-5-7-11-16)15-9-13-18(21)23-4-2/h5-7,10-11H,3-4,8-9,12-15H2,1-2H3. The Morgan fingerprint density at radius 2 is 1.35 bits per heavy atom. The average molecular weight is 321 g/mol. The SMILES string of the molecule is CCOC(=O)CCCN(CCCC(=O)OCC)c1ccccc1. The molecule has 0 bridgehead atoms. The second-order valence-electron chi connectivity index (χ2n) is 5.14. The van der Waals surface area contributed by atoms with Gasteiger partial charge in [-0.25, -0.2) is 0 Å². The smallest absolute Gasteiger partial charge is 0.305 e. The van der Waals surface area contributed by atoms with Crippen molar-refractivity contribution >= 4 is 17.6 Å². The first-order chi connectivity index (χ1) is 11.2. The fraction of sp³-hybridized carbons (Fsp3) is 0.556. The fourth-order valence-corrected chi connectivity index (χ4v) is 2.30. The lowest BCUT2D eigenvalue weighted by Crippen LogP contribution is -2.27. The van der Waals surface area contributed by atoms with Gasteiger partial charge in [-0.2, -0.15) is 0 Å². The molecule has 0 saturated carbocycles. The summed E-state index contributed by atoms with van der Waals surface area (Å²) in [6.07, 6.45) is 2.28. The summed E-state index contributed by atoms with van der Waals surface area (Å²) < 4.78 is 9.90. The van der Waals surface area contributed by atoms with Gasteiger partial charge in [0.2, 0.25) is 0 Å². The van der Waals surface area contributed by atoms with Crippen LogP contribution in [0.2, 0.25) is 0 Å². The molecule has 0 aliphatic heterocycles. The summed E-state index contributed by atoms with van der Waals surface area (Å²) in [6.45, 7) is 5.96. The second kappa shape index (κ2) is 11.5. The van der Waals surface area contributed by atoms with Crippen molar-refractivity contribution < 1.29 is 19.1 Å². The van der Waals surface area contributed by atoms with Crippen LogP contribution in [0, 0.1) is 0 Å². The number of hydrogen-bond donors (Lipinski definition) is 0. The second-order valence-corrected chi connectivity index (χ2v) is 5.14. The number of carbonyl (C=O) groups is 2. The third-order valence-electron chi connectivity index (χ3n) is 3.35. The van der Waals surface area contributed by atoms with Crippen molar-refractivity contribution in [2.75, 3.05) is 31.2 Å². The molecule has 5 heteroatoms. The molecule has 0 atom stereocenters. The van der Waals surface area contributed by atoms with Crippen LogP contribution in [-0.4, -0.2) is 38.2 Å². The highest BCUT2D eigenvalue weighted by Crippen LogP contribution is 2.15. The van der Waals surface area contributed by atoms with Crippen molar-refractivity contribution in [3.63, 3.8) is 0 Å². The minimum Gasteiger partial charge on any atom is -0.466 e. The van der Waals surface area contributed by atoms with E-state index in [9.17, 15) is 9.59 Å². The van der Waals surface area contributed by atoms with Gasteiger partial charge >= 0.3 is 11.9 Å². The lowest BCUT2D eigenvalue weighted by Gasteiger charge is -2.24. The van der Waals surface area contributed by atoms with Crippen LogP contribution in [0.25, 0.3) is 0 Å². The first-order valence-corrected chi connectivity index (χ1v) is 8.28. The lowest BCUT2D eigenvalue weighted by molar-refractivity contribution is -0.144. The third kappa shape index (κ3) is 8.24. The molecule has 0 amide bonds. The summed E-state index contributed by atoms with van der Waals surface area (Å²) in [6, 6.07) is 10.0. The van der Waals surface area contributed by atoms with E-state index in [1.807, 2.05) is 44.2 Å². The molecule has 0 heterocycles. The number of para-hydroxylation sites is 1. The maximum Gasteiger partial charge on any atom is 0.305 e. The average Bonchev–Trinajstić information content (AvgIpc) is 2.55. The molecule has 23 heavy (non-hydrogen) atoms. The van der Waals surface area contributed by atoms with E-state index in [4.69, 9.17) is 9.47 Å². The summed E-state index contributed by atoms with van der Waals surface area (Å²) in [4.78, 5) is 25.1. The van der Waals surface area contributed by atoms with Gasteiger partial charge in [0.15, 0.2) is 0 Å². The van der Waals surface area contributed by atoms with Crippen LogP contribution < -0.4 is 4.90 Å². The molecule has 0 fully saturated rings. The highest BCUT2D eigenvalue weighted by molar-refractivity contribution is 5.69. The normalized spacial score (nSPS) is 10.2. The Balaban J connectivity index is 2.47. The summed E-state index contributed by atoms with van der Waals surface area (Å²) in [5.41, 5.74) is 1.10. The molecule has 0 spiro atoms.